The van der Waals surface area contributed by atoms with E-state index in [0.29, 0.717) is 20.1 Å². The summed E-state index contributed by atoms with van der Waals surface area (Å²) in [7, 11) is -3.68. The predicted octanol–water partition coefficient (Wildman–Crippen LogP) is 3.60. The Hall–Kier alpha value is -0.670. The molecule has 1 aromatic heterocycles. The first-order valence-corrected chi connectivity index (χ1v) is 9.05. The molecule has 1 heterocycles. The van der Waals surface area contributed by atoms with Crippen LogP contribution >= 0.6 is 51.1 Å². The lowest BCUT2D eigenvalue weighted by atomic mass is 10.3. The maximum absolute atomic E-state index is 12.2. The zero-order chi connectivity index (χ0) is 14.9. The first kappa shape index (κ1) is 15.7. The van der Waals surface area contributed by atoms with E-state index in [-0.39, 0.29) is 9.20 Å². The Morgan fingerprint density at radius 2 is 2.05 bits per heavy atom. The summed E-state index contributed by atoms with van der Waals surface area (Å²) in [6, 6.07) is 7.82. The zero-order valence-electron chi connectivity index (χ0n) is 9.76. The summed E-state index contributed by atoms with van der Waals surface area (Å²) in [6.45, 7) is 0. The number of hydrogen-bond acceptors (Lipinski definition) is 4. The third kappa shape index (κ3) is 3.50. The summed E-state index contributed by atoms with van der Waals surface area (Å²) < 4.78 is 27.6. The standard InChI is InChI=1S/C11H8BrClN2O2S3/c12-7-5-6(13)1-2-8(7)15-20(16,17)10-4-3-9(19-10)11(14)18/h1-5,15H,(H2,14,18). The van der Waals surface area contributed by atoms with Gasteiger partial charge in [0.2, 0.25) is 0 Å². The minimum atomic E-state index is -3.68. The van der Waals surface area contributed by atoms with Crippen LogP contribution in [0.5, 0.6) is 0 Å². The molecule has 106 valence electrons. The van der Waals surface area contributed by atoms with Crippen molar-refractivity contribution in [3.63, 3.8) is 0 Å². The van der Waals surface area contributed by atoms with E-state index < -0.39 is 10.0 Å². The highest BCUT2D eigenvalue weighted by atomic mass is 79.9. The fraction of sp³-hybridized carbons (Fsp3) is 0. The summed E-state index contributed by atoms with van der Waals surface area (Å²) >= 11 is 14.9. The van der Waals surface area contributed by atoms with Crippen LogP contribution in [0.1, 0.15) is 4.88 Å². The highest BCUT2D eigenvalue weighted by Gasteiger charge is 2.18. The van der Waals surface area contributed by atoms with Gasteiger partial charge >= 0.3 is 0 Å². The quantitative estimate of drug-likeness (QED) is 0.754. The molecule has 0 aliphatic carbocycles. The van der Waals surface area contributed by atoms with E-state index in [0.717, 1.165) is 11.3 Å². The second-order valence-electron chi connectivity index (χ2n) is 3.71. The van der Waals surface area contributed by atoms with Crippen LogP contribution in [0, 0.1) is 0 Å². The van der Waals surface area contributed by atoms with Crippen molar-refractivity contribution in [3.05, 3.63) is 44.7 Å². The van der Waals surface area contributed by atoms with E-state index in [1.165, 1.54) is 6.07 Å². The molecular formula is C11H8BrClN2O2S3. The first-order chi connectivity index (χ1) is 9.29. The average Bonchev–Trinajstić information content (AvgIpc) is 2.83. The molecule has 3 N–H and O–H groups in total. The Bertz CT molecular complexity index is 774. The topological polar surface area (TPSA) is 72.2 Å². The van der Waals surface area contributed by atoms with Crippen LogP contribution in [-0.4, -0.2) is 13.4 Å². The van der Waals surface area contributed by atoms with E-state index in [1.54, 1.807) is 24.3 Å². The summed E-state index contributed by atoms with van der Waals surface area (Å²) in [5.74, 6) is 0. The van der Waals surface area contributed by atoms with Crippen molar-refractivity contribution in [3.8, 4) is 0 Å². The molecule has 2 aromatic rings. The molecule has 0 aliphatic rings. The Labute approximate surface area is 139 Å². The molecular weight excluding hydrogens is 404 g/mol. The molecule has 0 saturated carbocycles. The second kappa shape index (κ2) is 5.98. The van der Waals surface area contributed by atoms with Gasteiger partial charge in [-0.25, -0.2) is 8.42 Å². The van der Waals surface area contributed by atoms with Gasteiger partial charge in [0.25, 0.3) is 10.0 Å². The Morgan fingerprint density at radius 3 is 2.60 bits per heavy atom. The van der Waals surface area contributed by atoms with Crippen molar-refractivity contribution < 1.29 is 8.42 Å². The minimum absolute atomic E-state index is 0.141. The van der Waals surface area contributed by atoms with Gasteiger partial charge in [0.05, 0.1) is 10.6 Å². The van der Waals surface area contributed by atoms with E-state index in [2.05, 4.69) is 20.7 Å². The van der Waals surface area contributed by atoms with Gasteiger partial charge in [-0.05, 0) is 46.3 Å². The molecule has 2 rings (SSSR count). The number of anilines is 1. The van der Waals surface area contributed by atoms with Crippen LogP contribution in [0.3, 0.4) is 0 Å². The molecule has 0 bridgehead atoms. The largest absolute Gasteiger partial charge is 0.389 e. The summed E-state index contributed by atoms with van der Waals surface area (Å²) in [5.41, 5.74) is 5.87. The molecule has 0 amide bonds. The van der Waals surface area contributed by atoms with Gasteiger partial charge in [-0.2, -0.15) is 0 Å². The van der Waals surface area contributed by atoms with Crippen LogP contribution < -0.4 is 10.5 Å². The minimum Gasteiger partial charge on any atom is -0.389 e. The fourth-order valence-electron chi connectivity index (χ4n) is 1.36. The van der Waals surface area contributed by atoms with Crippen LogP contribution in [0.2, 0.25) is 5.02 Å². The van der Waals surface area contributed by atoms with Crippen molar-refractivity contribution in [2.24, 2.45) is 5.73 Å². The van der Waals surface area contributed by atoms with Gasteiger partial charge in [-0.15, -0.1) is 11.3 Å². The lowest BCUT2D eigenvalue weighted by Crippen LogP contribution is -2.12. The summed E-state index contributed by atoms with van der Waals surface area (Å²) in [4.78, 5) is 0.722. The number of rotatable bonds is 4. The van der Waals surface area contributed by atoms with Gasteiger partial charge in [-0.1, -0.05) is 23.8 Å². The van der Waals surface area contributed by atoms with Gasteiger partial charge in [-0.3, -0.25) is 4.72 Å². The van der Waals surface area contributed by atoms with E-state index in [4.69, 9.17) is 29.6 Å². The maximum atomic E-state index is 12.2. The van der Waals surface area contributed by atoms with Crippen molar-refractivity contribution in [2.75, 3.05) is 4.72 Å². The molecule has 0 fully saturated rings. The Kier molecular flexibility index (Phi) is 4.70. The molecule has 1 aromatic carbocycles. The van der Waals surface area contributed by atoms with Crippen LogP contribution in [0.25, 0.3) is 0 Å². The molecule has 4 nitrogen and oxygen atoms in total. The van der Waals surface area contributed by atoms with Crippen molar-refractivity contribution in [2.45, 2.75) is 4.21 Å². The number of benzene rings is 1. The Morgan fingerprint density at radius 1 is 1.35 bits per heavy atom. The SMILES string of the molecule is NC(=S)c1ccc(S(=O)(=O)Nc2ccc(Cl)cc2Br)s1. The fourth-order valence-corrected chi connectivity index (χ4v) is 4.71. The second-order valence-corrected chi connectivity index (χ2v) is 8.44. The average molecular weight is 412 g/mol. The molecule has 9 heteroatoms. The molecule has 0 atom stereocenters. The predicted molar refractivity (Wildman–Crippen MR) is 90.2 cm³/mol. The van der Waals surface area contributed by atoms with Crippen LogP contribution in [0.4, 0.5) is 5.69 Å². The third-order valence-corrected chi connectivity index (χ3v) is 6.48. The van der Waals surface area contributed by atoms with Gasteiger partial charge in [0.1, 0.15) is 9.20 Å². The number of nitrogens with one attached hydrogen (secondary N) is 1. The zero-order valence-corrected chi connectivity index (χ0v) is 14.6. The molecule has 0 radical (unpaired) electrons. The normalized spacial score (nSPS) is 11.3. The lowest BCUT2D eigenvalue weighted by molar-refractivity contribution is 0.603. The smallest absolute Gasteiger partial charge is 0.271 e. The molecule has 0 unspecified atom stereocenters. The van der Waals surface area contributed by atoms with Gasteiger partial charge < -0.3 is 5.73 Å². The maximum Gasteiger partial charge on any atom is 0.271 e. The van der Waals surface area contributed by atoms with E-state index in [9.17, 15) is 8.42 Å². The highest BCUT2D eigenvalue weighted by Crippen LogP contribution is 2.29. The number of thiocarbonyl (C=S) groups is 1. The molecule has 0 spiro atoms. The van der Waals surface area contributed by atoms with E-state index >= 15 is 0 Å². The third-order valence-electron chi connectivity index (χ3n) is 2.26. The van der Waals surface area contributed by atoms with Crippen LogP contribution in [0.15, 0.2) is 39.0 Å². The monoisotopic (exact) mass is 410 g/mol. The molecule has 0 saturated heterocycles. The summed E-state index contributed by atoms with van der Waals surface area (Å²) in [6.07, 6.45) is 0. The van der Waals surface area contributed by atoms with E-state index in [1.807, 2.05) is 0 Å². The number of thiophene rings is 1. The highest BCUT2D eigenvalue weighted by molar-refractivity contribution is 9.10. The number of halogens is 2. The first-order valence-electron chi connectivity index (χ1n) is 5.17. The Balaban J connectivity index is 2.33. The molecule has 0 aliphatic heterocycles. The number of nitrogens with two attached hydrogens (primary N) is 1. The van der Waals surface area contributed by atoms with Crippen LogP contribution in [-0.2, 0) is 10.0 Å². The van der Waals surface area contributed by atoms with Gasteiger partial charge in [0.15, 0.2) is 0 Å². The van der Waals surface area contributed by atoms with Crippen molar-refractivity contribution in [1.29, 1.82) is 0 Å². The molecule has 20 heavy (non-hydrogen) atoms. The summed E-state index contributed by atoms with van der Waals surface area (Å²) in [5, 5.41) is 0.506. The number of hydrogen-bond donors (Lipinski definition) is 2. The lowest BCUT2D eigenvalue weighted by Gasteiger charge is -2.08. The number of sulfonamides is 1. The van der Waals surface area contributed by atoms with Gasteiger partial charge in [0, 0.05) is 9.50 Å². The van der Waals surface area contributed by atoms with Crippen molar-refractivity contribution >= 4 is 71.8 Å². The van der Waals surface area contributed by atoms with Crippen molar-refractivity contribution in [1.82, 2.24) is 0 Å².